The predicted molar refractivity (Wildman–Crippen MR) is 125 cm³/mol. The average Bonchev–Trinajstić information content (AvgIpc) is 3.56. The Balaban J connectivity index is 1.78. The van der Waals surface area contributed by atoms with Crippen LogP contribution in [0.4, 0.5) is 0 Å². The lowest BCUT2D eigenvalue weighted by molar-refractivity contribution is 0.692. The molecule has 2 N–H and O–H groups in total. The van der Waals surface area contributed by atoms with E-state index < -0.39 is 0 Å². The summed E-state index contributed by atoms with van der Waals surface area (Å²) in [4.78, 5) is 17.1. The number of aryl methyl sites for hydroxylation is 2. The Morgan fingerprint density at radius 3 is 1.43 bits per heavy atom. The second-order valence-corrected chi connectivity index (χ2v) is 8.42. The summed E-state index contributed by atoms with van der Waals surface area (Å²) in [7, 11) is 0. The van der Waals surface area contributed by atoms with Crippen molar-refractivity contribution in [2.45, 2.75) is 39.5 Å². The molecule has 0 atom stereocenters. The van der Waals surface area contributed by atoms with E-state index in [1.807, 2.05) is 0 Å². The van der Waals surface area contributed by atoms with Crippen molar-refractivity contribution in [3.63, 3.8) is 0 Å². The van der Waals surface area contributed by atoms with Crippen LogP contribution in [-0.2, 0) is 12.8 Å². The monoisotopic (exact) mass is 392 g/mol. The third-order valence-corrected chi connectivity index (χ3v) is 6.65. The molecule has 2 aliphatic heterocycles. The Hall–Kier alpha value is -3.40. The number of rotatable bonds is 0. The van der Waals surface area contributed by atoms with Gasteiger partial charge in [-0.2, -0.15) is 0 Å². The summed E-state index contributed by atoms with van der Waals surface area (Å²) < 4.78 is 0. The Labute approximate surface area is 175 Å². The average molecular weight is 393 g/mol. The Morgan fingerprint density at radius 2 is 0.967 bits per heavy atom. The van der Waals surface area contributed by atoms with E-state index >= 15 is 0 Å². The minimum absolute atomic E-state index is 0.992. The minimum Gasteiger partial charge on any atom is -0.354 e. The molecule has 1 aliphatic carbocycles. The van der Waals surface area contributed by atoms with Gasteiger partial charge in [-0.15, -0.1) is 0 Å². The predicted octanol–water partition coefficient (Wildman–Crippen LogP) is 6.15. The normalized spacial score (nSPS) is 14.9. The molecule has 148 valence electrons. The standard InChI is InChI=1S/C26H24N4/c1-15-16(2)20-8-12-24(28-20)26-14-10-22(30-26)18-6-4-3-5-17(18)21-9-13-25(29-21)23-11-7-19(15)27-23/h7-14,29-30H,3-6H2,1-2H3. The van der Waals surface area contributed by atoms with Gasteiger partial charge < -0.3 is 9.97 Å². The van der Waals surface area contributed by atoms with E-state index in [0.717, 1.165) is 57.8 Å². The van der Waals surface area contributed by atoms with Crippen LogP contribution in [0.5, 0.6) is 0 Å². The van der Waals surface area contributed by atoms with Crippen molar-refractivity contribution in [2.24, 2.45) is 0 Å². The van der Waals surface area contributed by atoms with Crippen LogP contribution >= 0.6 is 0 Å². The fourth-order valence-electron chi connectivity index (χ4n) is 4.77. The van der Waals surface area contributed by atoms with Crippen LogP contribution in [0.25, 0.3) is 46.4 Å². The summed E-state index contributed by atoms with van der Waals surface area (Å²) in [5.74, 6) is 0. The van der Waals surface area contributed by atoms with Gasteiger partial charge in [0.2, 0.25) is 0 Å². The Bertz CT molecular complexity index is 1300. The van der Waals surface area contributed by atoms with Crippen molar-refractivity contribution in [2.75, 3.05) is 0 Å². The van der Waals surface area contributed by atoms with Gasteiger partial charge in [0.1, 0.15) is 0 Å². The minimum atomic E-state index is 0.992. The first kappa shape index (κ1) is 17.5. The van der Waals surface area contributed by atoms with Crippen LogP contribution in [0, 0.1) is 13.8 Å². The lowest BCUT2D eigenvalue weighted by Gasteiger charge is -2.14. The molecule has 0 unspecified atom stereocenters. The van der Waals surface area contributed by atoms with Gasteiger partial charge in [0, 0.05) is 11.0 Å². The molecule has 0 spiro atoms. The van der Waals surface area contributed by atoms with E-state index in [-0.39, 0.29) is 0 Å². The number of fused-ring (bicyclic) bond motifs is 13. The zero-order valence-corrected chi connectivity index (χ0v) is 17.3. The number of hydrogen-bond donors (Lipinski definition) is 2. The van der Waals surface area contributed by atoms with E-state index in [1.165, 1.54) is 35.0 Å². The van der Waals surface area contributed by atoms with E-state index in [0.29, 0.717) is 0 Å². The Kier molecular flexibility index (Phi) is 3.82. The fraction of sp³-hybridized carbons (Fsp3) is 0.231. The molecule has 0 saturated heterocycles. The number of H-pyrrole nitrogens is 2. The van der Waals surface area contributed by atoms with Crippen molar-refractivity contribution < 1.29 is 0 Å². The van der Waals surface area contributed by atoms with Crippen molar-refractivity contribution in [3.05, 3.63) is 69.3 Å². The van der Waals surface area contributed by atoms with E-state index in [2.05, 4.69) is 72.4 Å². The molecule has 4 heteroatoms. The van der Waals surface area contributed by atoms with Crippen molar-refractivity contribution in [3.8, 4) is 0 Å². The van der Waals surface area contributed by atoms with Gasteiger partial charge in [-0.25, -0.2) is 9.97 Å². The Morgan fingerprint density at radius 1 is 0.567 bits per heavy atom. The molecule has 0 radical (unpaired) electrons. The maximum atomic E-state index is 4.92. The van der Waals surface area contributed by atoms with E-state index in [9.17, 15) is 0 Å². The van der Waals surface area contributed by atoms with Crippen LogP contribution in [0.1, 0.15) is 57.9 Å². The summed E-state index contributed by atoms with van der Waals surface area (Å²) in [6.07, 6.45) is 13.1. The van der Waals surface area contributed by atoms with Crippen molar-refractivity contribution in [1.29, 1.82) is 0 Å². The highest BCUT2D eigenvalue weighted by molar-refractivity contribution is 5.84. The first-order chi connectivity index (χ1) is 14.7. The molecule has 30 heavy (non-hydrogen) atoms. The second-order valence-electron chi connectivity index (χ2n) is 8.42. The number of hydrogen-bond acceptors (Lipinski definition) is 2. The second kappa shape index (κ2) is 6.56. The molecule has 0 amide bonds. The van der Waals surface area contributed by atoms with Crippen molar-refractivity contribution in [1.82, 2.24) is 19.9 Å². The molecule has 0 fully saturated rings. The molecule has 3 aliphatic rings. The number of nitrogens with zero attached hydrogens (tertiary/aromatic N) is 2. The SMILES string of the molecule is Cc1c2nc(c3ccc([nH]3)c3c(c4ccc([nH]4)c4nc(c1C)C=C4)CCCC3)C=C2. The van der Waals surface area contributed by atoms with Gasteiger partial charge in [-0.05, 0) is 110 Å². The van der Waals surface area contributed by atoms with Crippen LogP contribution in [0.15, 0.2) is 24.3 Å². The largest absolute Gasteiger partial charge is 0.354 e. The molecule has 8 bridgehead atoms. The quantitative estimate of drug-likeness (QED) is 0.332. The van der Waals surface area contributed by atoms with Crippen LogP contribution < -0.4 is 0 Å². The molecule has 3 aromatic heterocycles. The summed E-state index contributed by atoms with van der Waals surface area (Å²) in [6.45, 7) is 4.26. The highest BCUT2D eigenvalue weighted by atomic mass is 14.8. The van der Waals surface area contributed by atoms with Crippen LogP contribution in [0.2, 0.25) is 0 Å². The summed E-state index contributed by atoms with van der Waals surface area (Å²) >= 11 is 0. The van der Waals surface area contributed by atoms with Gasteiger partial charge in [0.25, 0.3) is 0 Å². The molecule has 4 nitrogen and oxygen atoms in total. The third-order valence-electron chi connectivity index (χ3n) is 6.65. The topological polar surface area (TPSA) is 57.4 Å². The van der Waals surface area contributed by atoms with Crippen LogP contribution in [0.3, 0.4) is 0 Å². The van der Waals surface area contributed by atoms with E-state index in [4.69, 9.17) is 9.97 Å². The molecule has 0 saturated carbocycles. The highest BCUT2D eigenvalue weighted by Crippen LogP contribution is 2.29. The van der Waals surface area contributed by atoms with Gasteiger partial charge in [0.15, 0.2) is 0 Å². The fourth-order valence-corrected chi connectivity index (χ4v) is 4.77. The summed E-state index contributed by atoms with van der Waals surface area (Å²) in [5.41, 5.74) is 13.7. The zero-order valence-electron chi connectivity index (χ0n) is 17.3. The molecular formula is C26H24N4. The summed E-state index contributed by atoms with van der Waals surface area (Å²) in [5, 5.41) is 0. The lowest BCUT2D eigenvalue weighted by atomic mass is 9.92. The highest BCUT2D eigenvalue weighted by Gasteiger charge is 2.15. The molecule has 6 rings (SSSR count). The summed E-state index contributed by atoms with van der Waals surface area (Å²) in [6, 6.07) is 8.75. The number of aromatic nitrogens is 4. The lowest BCUT2D eigenvalue weighted by Crippen LogP contribution is -2.02. The van der Waals surface area contributed by atoms with Gasteiger partial charge in [-0.3, -0.25) is 0 Å². The first-order valence-corrected chi connectivity index (χ1v) is 10.7. The number of nitrogens with one attached hydrogen (secondary N) is 2. The van der Waals surface area contributed by atoms with Gasteiger partial charge >= 0.3 is 0 Å². The smallest absolute Gasteiger partial charge is 0.0872 e. The van der Waals surface area contributed by atoms with Crippen LogP contribution in [-0.4, -0.2) is 19.9 Å². The third kappa shape index (κ3) is 2.67. The number of aromatic amines is 2. The van der Waals surface area contributed by atoms with Gasteiger partial charge in [0.05, 0.1) is 33.8 Å². The zero-order chi connectivity index (χ0) is 20.2. The molecule has 0 aromatic carbocycles. The first-order valence-electron chi connectivity index (χ1n) is 10.7. The van der Waals surface area contributed by atoms with Crippen molar-refractivity contribution >= 4 is 46.4 Å². The van der Waals surface area contributed by atoms with Gasteiger partial charge in [-0.1, -0.05) is 0 Å². The van der Waals surface area contributed by atoms with E-state index in [1.54, 1.807) is 0 Å². The maximum absolute atomic E-state index is 4.92. The molecule has 3 aromatic rings. The maximum Gasteiger partial charge on any atom is 0.0872 e. The molecule has 5 heterocycles. The molecular weight excluding hydrogens is 368 g/mol.